The zero-order chi connectivity index (χ0) is 13.5. The lowest BCUT2D eigenvalue weighted by Crippen LogP contribution is -2.50. The molecule has 1 unspecified atom stereocenters. The lowest BCUT2D eigenvalue weighted by atomic mass is 10.1. The van der Waals surface area contributed by atoms with Crippen molar-refractivity contribution in [2.24, 2.45) is 5.92 Å². The largest absolute Gasteiger partial charge is 0.480 e. The highest BCUT2D eigenvalue weighted by Crippen LogP contribution is 2.11. The van der Waals surface area contributed by atoms with Gasteiger partial charge in [0.05, 0.1) is 0 Å². The number of carbonyl (C=O) groups is 2. The summed E-state index contributed by atoms with van der Waals surface area (Å²) < 4.78 is 0. The van der Waals surface area contributed by atoms with E-state index in [9.17, 15) is 9.59 Å². The Morgan fingerprint density at radius 3 is 2.00 bits per heavy atom. The van der Waals surface area contributed by atoms with Crippen LogP contribution in [-0.2, 0) is 4.79 Å². The van der Waals surface area contributed by atoms with E-state index in [-0.39, 0.29) is 11.9 Å². The van der Waals surface area contributed by atoms with Gasteiger partial charge in [0.1, 0.15) is 6.04 Å². The molecular formula is C13H24N2O3. The first kappa shape index (κ1) is 14.8. The molecule has 1 saturated heterocycles. The Morgan fingerprint density at radius 2 is 1.56 bits per heavy atom. The van der Waals surface area contributed by atoms with Crippen molar-refractivity contribution in [1.82, 2.24) is 10.2 Å². The fraction of sp³-hybridized carbons (Fsp3) is 0.846. The van der Waals surface area contributed by atoms with Gasteiger partial charge in [0.25, 0.3) is 0 Å². The van der Waals surface area contributed by atoms with Crippen LogP contribution in [0.25, 0.3) is 0 Å². The fourth-order valence-electron chi connectivity index (χ4n) is 2.19. The van der Waals surface area contributed by atoms with Crippen molar-refractivity contribution in [3.05, 3.63) is 0 Å². The van der Waals surface area contributed by atoms with Gasteiger partial charge >= 0.3 is 12.0 Å². The van der Waals surface area contributed by atoms with Crippen molar-refractivity contribution >= 4 is 12.0 Å². The number of rotatable bonds is 3. The number of carboxylic acids is 1. The number of nitrogens with zero attached hydrogens (tertiary/aromatic N) is 1. The van der Waals surface area contributed by atoms with E-state index in [0.29, 0.717) is 0 Å². The molecule has 104 valence electrons. The Bertz CT molecular complexity index is 284. The maximum absolute atomic E-state index is 12.0. The number of hydrogen-bond donors (Lipinski definition) is 2. The van der Waals surface area contributed by atoms with Crippen molar-refractivity contribution < 1.29 is 14.7 Å². The maximum atomic E-state index is 12.0. The van der Waals surface area contributed by atoms with E-state index in [1.165, 1.54) is 6.42 Å². The molecule has 2 amide bonds. The summed E-state index contributed by atoms with van der Waals surface area (Å²) in [5.41, 5.74) is 0. The van der Waals surface area contributed by atoms with Gasteiger partial charge < -0.3 is 15.3 Å². The number of carbonyl (C=O) groups excluding carboxylic acids is 1. The van der Waals surface area contributed by atoms with Gasteiger partial charge in [0, 0.05) is 13.1 Å². The van der Waals surface area contributed by atoms with E-state index in [1.807, 2.05) is 0 Å². The van der Waals surface area contributed by atoms with Crippen LogP contribution in [0.2, 0.25) is 0 Å². The maximum Gasteiger partial charge on any atom is 0.326 e. The summed E-state index contributed by atoms with van der Waals surface area (Å²) in [6.07, 6.45) is 5.55. The lowest BCUT2D eigenvalue weighted by molar-refractivity contribution is -0.140. The van der Waals surface area contributed by atoms with Crippen molar-refractivity contribution in [3.8, 4) is 0 Å². The molecule has 0 bridgehead atoms. The predicted molar refractivity (Wildman–Crippen MR) is 69.5 cm³/mol. The Hall–Kier alpha value is -1.26. The summed E-state index contributed by atoms with van der Waals surface area (Å²) in [7, 11) is 0. The number of nitrogens with one attached hydrogen (secondary N) is 1. The summed E-state index contributed by atoms with van der Waals surface area (Å²) in [6, 6.07) is -1.04. The second-order valence-electron chi connectivity index (χ2n) is 5.26. The third kappa shape index (κ3) is 4.55. The normalized spacial score (nSPS) is 18.9. The zero-order valence-corrected chi connectivity index (χ0v) is 11.3. The van der Waals surface area contributed by atoms with Crippen molar-refractivity contribution in [3.63, 3.8) is 0 Å². The van der Waals surface area contributed by atoms with Crippen LogP contribution in [0.1, 0.15) is 46.0 Å². The van der Waals surface area contributed by atoms with Crippen LogP contribution in [0.3, 0.4) is 0 Å². The number of hydrogen-bond acceptors (Lipinski definition) is 2. The van der Waals surface area contributed by atoms with Gasteiger partial charge in [-0.2, -0.15) is 0 Å². The predicted octanol–water partition coefficient (Wildman–Crippen LogP) is 2.07. The van der Waals surface area contributed by atoms with Gasteiger partial charge in [0.2, 0.25) is 0 Å². The molecule has 0 aliphatic carbocycles. The van der Waals surface area contributed by atoms with Crippen LogP contribution in [0, 0.1) is 5.92 Å². The molecule has 5 heteroatoms. The number of carboxylic acid groups (broad SMARTS) is 1. The van der Waals surface area contributed by atoms with Crippen molar-refractivity contribution in [2.75, 3.05) is 13.1 Å². The van der Waals surface area contributed by atoms with E-state index in [0.717, 1.165) is 38.8 Å². The highest BCUT2D eigenvalue weighted by atomic mass is 16.4. The second kappa shape index (κ2) is 7.24. The average molecular weight is 256 g/mol. The second-order valence-corrected chi connectivity index (χ2v) is 5.26. The summed E-state index contributed by atoms with van der Waals surface area (Å²) >= 11 is 0. The van der Waals surface area contributed by atoms with E-state index >= 15 is 0 Å². The molecule has 0 aromatic rings. The van der Waals surface area contributed by atoms with Crippen LogP contribution in [-0.4, -0.2) is 41.1 Å². The minimum absolute atomic E-state index is 0.110. The van der Waals surface area contributed by atoms with Gasteiger partial charge in [-0.25, -0.2) is 9.59 Å². The van der Waals surface area contributed by atoms with Gasteiger partial charge in [-0.1, -0.05) is 33.1 Å². The Balaban J connectivity index is 2.53. The Labute approximate surface area is 109 Å². The molecule has 1 aliphatic rings. The number of urea groups is 1. The summed E-state index contributed by atoms with van der Waals surface area (Å²) in [5, 5.41) is 11.7. The number of likely N-dealkylation sites (tertiary alicyclic amines) is 1. The molecule has 0 aromatic heterocycles. The van der Waals surface area contributed by atoms with E-state index in [2.05, 4.69) is 5.32 Å². The smallest absolute Gasteiger partial charge is 0.326 e. The molecule has 2 N–H and O–H groups in total. The van der Waals surface area contributed by atoms with Crippen LogP contribution in [0.15, 0.2) is 0 Å². The molecule has 0 aromatic carbocycles. The fourth-order valence-corrected chi connectivity index (χ4v) is 2.19. The molecule has 1 atom stereocenters. The number of amides is 2. The summed E-state index contributed by atoms with van der Waals surface area (Å²) in [5.74, 6) is -1.08. The monoisotopic (exact) mass is 256 g/mol. The third-order valence-electron chi connectivity index (χ3n) is 3.35. The number of aliphatic carboxylic acids is 1. The van der Waals surface area contributed by atoms with Gasteiger partial charge in [-0.3, -0.25) is 0 Å². The molecular weight excluding hydrogens is 232 g/mol. The first-order valence-corrected chi connectivity index (χ1v) is 6.80. The molecule has 0 saturated carbocycles. The summed E-state index contributed by atoms with van der Waals surface area (Å²) in [4.78, 5) is 24.8. The van der Waals surface area contributed by atoms with Gasteiger partial charge in [-0.15, -0.1) is 0 Å². The van der Waals surface area contributed by atoms with E-state index in [1.54, 1.807) is 18.7 Å². The van der Waals surface area contributed by atoms with Crippen LogP contribution in [0.5, 0.6) is 0 Å². The first-order chi connectivity index (χ1) is 8.52. The van der Waals surface area contributed by atoms with Gasteiger partial charge in [0.15, 0.2) is 0 Å². The zero-order valence-electron chi connectivity index (χ0n) is 11.3. The average Bonchev–Trinajstić information content (AvgIpc) is 2.24. The first-order valence-electron chi connectivity index (χ1n) is 6.80. The standard InChI is InChI=1S/C13H24N2O3/c1-10(2)11(12(16)17)14-13(18)15-8-6-4-3-5-7-9-15/h10-11H,3-9H2,1-2H3,(H,14,18)(H,16,17). The van der Waals surface area contributed by atoms with Crippen LogP contribution in [0.4, 0.5) is 4.79 Å². The Kier molecular flexibility index (Phi) is 5.95. The van der Waals surface area contributed by atoms with Crippen molar-refractivity contribution in [1.29, 1.82) is 0 Å². The highest BCUT2D eigenvalue weighted by molar-refractivity contribution is 5.82. The summed E-state index contributed by atoms with van der Waals surface area (Å²) in [6.45, 7) is 5.06. The SMILES string of the molecule is CC(C)C(NC(=O)N1CCCCCCC1)C(=O)O. The molecule has 0 spiro atoms. The minimum atomic E-state index is -0.967. The van der Waals surface area contributed by atoms with Crippen LogP contribution < -0.4 is 5.32 Å². The molecule has 1 rings (SSSR count). The van der Waals surface area contributed by atoms with Crippen molar-refractivity contribution in [2.45, 2.75) is 52.0 Å². The van der Waals surface area contributed by atoms with E-state index < -0.39 is 12.0 Å². The van der Waals surface area contributed by atoms with E-state index in [4.69, 9.17) is 5.11 Å². The Morgan fingerprint density at radius 1 is 1.06 bits per heavy atom. The molecule has 1 aliphatic heterocycles. The van der Waals surface area contributed by atoms with Crippen LogP contribution >= 0.6 is 0 Å². The molecule has 1 fully saturated rings. The molecule has 18 heavy (non-hydrogen) atoms. The molecule has 5 nitrogen and oxygen atoms in total. The lowest BCUT2D eigenvalue weighted by Gasteiger charge is -2.27. The molecule has 1 heterocycles. The third-order valence-corrected chi connectivity index (χ3v) is 3.35. The highest BCUT2D eigenvalue weighted by Gasteiger charge is 2.25. The van der Waals surface area contributed by atoms with Gasteiger partial charge in [-0.05, 0) is 18.8 Å². The topological polar surface area (TPSA) is 69.6 Å². The quantitative estimate of drug-likeness (QED) is 0.812. The minimum Gasteiger partial charge on any atom is -0.480 e. The molecule has 0 radical (unpaired) electrons.